The minimum absolute atomic E-state index is 0.0385. The Labute approximate surface area is 128 Å². The number of imide groups is 1. The molecule has 1 atom stereocenters. The van der Waals surface area contributed by atoms with E-state index in [1.165, 1.54) is 4.68 Å². The highest BCUT2D eigenvalue weighted by molar-refractivity contribution is 6.16. The van der Waals surface area contributed by atoms with Crippen molar-refractivity contribution in [2.24, 2.45) is 5.92 Å². The Kier molecular flexibility index (Phi) is 3.56. The Bertz CT molecular complexity index is 759. The summed E-state index contributed by atoms with van der Waals surface area (Å²) in [5, 5.41) is 1.93. The first-order valence-corrected chi connectivity index (χ1v) is 7.55. The molecule has 1 aliphatic heterocycles. The smallest absolute Gasteiger partial charge is 0.249 e. The van der Waals surface area contributed by atoms with Gasteiger partial charge in [-0.1, -0.05) is 32.0 Å². The van der Waals surface area contributed by atoms with E-state index in [9.17, 15) is 14.4 Å². The predicted molar refractivity (Wildman–Crippen MR) is 83.2 cm³/mol. The van der Waals surface area contributed by atoms with E-state index in [-0.39, 0.29) is 36.4 Å². The number of ketones is 1. The van der Waals surface area contributed by atoms with Crippen molar-refractivity contribution in [2.45, 2.75) is 33.1 Å². The average Bonchev–Trinajstić information content (AvgIpc) is 3.06. The number of para-hydroxylation sites is 1. The maximum absolute atomic E-state index is 12.6. The van der Waals surface area contributed by atoms with Gasteiger partial charge in [0.2, 0.25) is 11.8 Å². The SMILES string of the molecule is CCC(C)C(=O)c1cn(N2C(=O)CCC2=O)c2ccccc12. The van der Waals surface area contributed by atoms with E-state index in [1.807, 2.05) is 38.1 Å². The quantitative estimate of drug-likeness (QED) is 0.644. The molecule has 3 rings (SSSR count). The first kappa shape index (κ1) is 14.5. The summed E-state index contributed by atoms with van der Waals surface area (Å²) >= 11 is 0. The fraction of sp³-hybridized carbons (Fsp3) is 0.353. The van der Waals surface area contributed by atoms with Crippen LogP contribution in [0.1, 0.15) is 43.5 Å². The van der Waals surface area contributed by atoms with Crippen LogP contribution in [-0.2, 0) is 9.59 Å². The van der Waals surface area contributed by atoms with Gasteiger partial charge in [0.25, 0.3) is 0 Å². The highest BCUT2D eigenvalue weighted by Crippen LogP contribution is 2.26. The predicted octanol–water partition coefficient (Wildman–Crippen LogP) is 2.66. The third-order valence-electron chi connectivity index (χ3n) is 4.26. The summed E-state index contributed by atoms with van der Waals surface area (Å²) in [6.07, 6.45) is 2.82. The third kappa shape index (κ3) is 2.13. The Balaban J connectivity index is 2.18. The van der Waals surface area contributed by atoms with E-state index in [2.05, 4.69) is 0 Å². The normalized spacial score (nSPS) is 16.5. The molecule has 0 saturated carbocycles. The zero-order valence-corrected chi connectivity index (χ0v) is 12.7. The highest BCUT2D eigenvalue weighted by Gasteiger charge is 2.32. The third-order valence-corrected chi connectivity index (χ3v) is 4.26. The maximum atomic E-state index is 12.6. The Morgan fingerprint density at radius 3 is 2.45 bits per heavy atom. The van der Waals surface area contributed by atoms with Gasteiger partial charge in [-0.2, -0.15) is 5.01 Å². The molecule has 22 heavy (non-hydrogen) atoms. The molecule has 0 bridgehead atoms. The van der Waals surface area contributed by atoms with Crippen LogP contribution in [0, 0.1) is 5.92 Å². The number of carbonyl (C=O) groups excluding carboxylic acids is 3. The van der Waals surface area contributed by atoms with E-state index >= 15 is 0 Å². The van der Waals surface area contributed by atoms with Crippen LogP contribution < -0.4 is 5.01 Å². The minimum Gasteiger partial charge on any atom is -0.294 e. The number of Topliss-reactive ketones (excluding diaryl/α,β-unsaturated/α-hetero) is 1. The first-order chi connectivity index (χ1) is 10.5. The van der Waals surface area contributed by atoms with Crippen molar-refractivity contribution in [1.29, 1.82) is 0 Å². The van der Waals surface area contributed by atoms with Crippen LogP contribution in [-0.4, -0.2) is 22.3 Å². The second-order valence-corrected chi connectivity index (χ2v) is 5.68. The van der Waals surface area contributed by atoms with Gasteiger partial charge in [0.05, 0.1) is 5.52 Å². The molecule has 1 saturated heterocycles. The number of fused-ring (bicyclic) bond motifs is 1. The van der Waals surface area contributed by atoms with Crippen LogP contribution in [0.25, 0.3) is 10.9 Å². The average molecular weight is 298 g/mol. The number of rotatable bonds is 4. The van der Waals surface area contributed by atoms with Crippen molar-refractivity contribution in [3.8, 4) is 0 Å². The lowest BCUT2D eigenvalue weighted by Crippen LogP contribution is -2.38. The van der Waals surface area contributed by atoms with Crippen molar-refractivity contribution in [2.75, 3.05) is 5.01 Å². The van der Waals surface area contributed by atoms with E-state index < -0.39 is 0 Å². The molecule has 5 nitrogen and oxygen atoms in total. The molecule has 1 unspecified atom stereocenters. The fourth-order valence-electron chi connectivity index (χ4n) is 2.78. The van der Waals surface area contributed by atoms with E-state index in [4.69, 9.17) is 0 Å². The number of nitrogens with zero attached hydrogens (tertiary/aromatic N) is 2. The number of aromatic nitrogens is 1. The van der Waals surface area contributed by atoms with Gasteiger partial charge in [-0.05, 0) is 12.5 Å². The van der Waals surface area contributed by atoms with Gasteiger partial charge in [-0.15, -0.1) is 0 Å². The molecule has 1 fully saturated rings. The first-order valence-electron chi connectivity index (χ1n) is 7.55. The molecule has 2 amide bonds. The van der Waals surface area contributed by atoms with Gasteiger partial charge < -0.3 is 0 Å². The van der Waals surface area contributed by atoms with Crippen LogP contribution in [0.5, 0.6) is 0 Å². The van der Waals surface area contributed by atoms with Crippen molar-refractivity contribution >= 4 is 28.5 Å². The van der Waals surface area contributed by atoms with Gasteiger partial charge in [-0.3, -0.25) is 19.1 Å². The molecule has 1 aromatic carbocycles. The summed E-state index contributed by atoms with van der Waals surface area (Å²) in [6, 6.07) is 7.36. The number of hydrogen-bond acceptors (Lipinski definition) is 3. The van der Waals surface area contributed by atoms with E-state index in [0.717, 1.165) is 16.8 Å². The molecule has 2 aromatic rings. The number of carbonyl (C=O) groups is 3. The zero-order valence-electron chi connectivity index (χ0n) is 12.7. The number of amides is 2. The second-order valence-electron chi connectivity index (χ2n) is 5.68. The largest absolute Gasteiger partial charge is 0.294 e. The molecular formula is C17H18N2O3. The second kappa shape index (κ2) is 5.40. The van der Waals surface area contributed by atoms with Crippen LogP contribution in [0.15, 0.2) is 30.5 Å². The topological polar surface area (TPSA) is 59.4 Å². The molecule has 0 N–H and O–H groups in total. The monoisotopic (exact) mass is 298 g/mol. The lowest BCUT2D eigenvalue weighted by Gasteiger charge is -2.16. The summed E-state index contributed by atoms with van der Waals surface area (Å²) in [5.41, 5.74) is 1.27. The lowest BCUT2D eigenvalue weighted by atomic mass is 9.97. The Hall–Kier alpha value is -2.43. The molecule has 114 valence electrons. The van der Waals surface area contributed by atoms with Crippen LogP contribution in [0.4, 0.5) is 0 Å². The van der Waals surface area contributed by atoms with Crippen LogP contribution in [0.2, 0.25) is 0 Å². The Morgan fingerprint density at radius 1 is 1.18 bits per heavy atom. The van der Waals surface area contributed by atoms with Gasteiger partial charge >= 0.3 is 0 Å². The molecular weight excluding hydrogens is 280 g/mol. The van der Waals surface area contributed by atoms with Gasteiger partial charge in [0.15, 0.2) is 5.78 Å². The van der Waals surface area contributed by atoms with Gasteiger partial charge in [0.1, 0.15) is 0 Å². The molecule has 1 aromatic heterocycles. The zero-order chi connectivity index (χ0) is 15.9. The van der Waals surface area contributed by atoms with Gasteiger partial charge in [-0.25, -0.2) is 0 Å². The van der Waals surface area contributed by atoms with Crippen molar-refractivity contribution in [3.05, 3.63) is 36.0 Å². The molecule has 0 spiro atoms. The maximum Gasteiger partial charge on any atom is 0.249 e. The van der Waals surface area contributed by atoms with Crippen molar-refractivity contribution < 1.29 is 14.4 Å². The molecule has 1 aliphatic rings. The summed E-state index contributed by atoms with van der Waals surface area (Å²) < 4.78 is 1.53. The molecule has 0 radical (unpaired) electrons. The van der Waals surface area contributed by atoms with Gasteiger partial charge in [0, 0.05) is 35.9 Å². The van der Waals surface area contributed by atoms with Crippen LogP contribution >= 0.6 is 0 Å². The summed E-state index contributed by atoms with van der Waals surface area (Å²) in [4.78, 5) is 36.6. The Morgan fingerprint density at radius 2 is 1.82 bits per heavy atom. The van der Waals surface area contributed by atoms with Crippen LogP contribution in [0.3, 0.4) is 0 Å². The van der Waals surface area contributed by atoms with Crippen molar-refractivity contribution in [1.82, 2.24) is 4.68 Å². The lowest BCUT2D eigenvalue weighted by molar-refractivity contribution is -0.123. The standard InChI is InChI=1S/C17H18N2O3/c1-3-11(2)17(22)13-10-18(14-7-5-4-6-12(13)14)19-15(20)8-9-16(19)21/h4-7,10-11H,3,8-9H2,1-2H3. The van der Waals surface area contributed by atoms with E-state index in [1.54, 1.807) is 6.20 Å². The number of hydrogen-bond donors (Lipinski definition) is 0. The summed E-state index contributed by atoms with van der Waals surface area (Å²) in [7, 11) is 0. The number of benzene rings is 1. The summed E-state index contributed by atoms with van der Waals surface area (Å²) in [5.74, 6) is -0.512. The van der Waals surface area contributed by atoms with Crippen molar-refractivity contribution in [3.63, 3.8) is 0 Å². The minimum atomic E-state index is -0.228. The summed E-state index contributed by atoms with van der Waals surface area (Å²) in [6.45, 7) is 3.86. The molecule has 2 heterocycles. The highest BCUT2D eigenvalue weighted by atomic mass is 16.2. The molecule has 0 aliphatic carbocycles. The fourth-order valence-corrected chi connectivity index (χ4v) is 2.78. The molecule has 5 heteroatoms. The van der Waals surface area contributed by atoms with E-state index in [0.29, 0.717) is 11.1 Å².